The van der Waals surface area contributed by atoms with Crippen LogP contribution in [-0.4, -0.2) is 42.7 Å². The minimum atomic E-state index is -1.08. The van der Waals surface area contributed by atoms with Gasteiger partial charge in [0.1, 0.15) is 12.2 Å². The summed E-state index contributed by atoms with van der Waals surface area (Å²) >= 11 is 0. The van der Waals surface area contributed by atoms with Gasteiger partial charge in [-0.05, 0) is 43.4 Å². The molecule has 1 fully saturated rings. The fourth-order valence-electron chi connectivity index (χ4n) is 3.27. The molecule has 0 spiro atoms. The van der Waals surface area contributed by atoms with Gasteiger partial charge in [0.2, 0.25) is 5.91 Å². The Labute approximate surface area is 150 Å². The Hall–Kier alpha value is -3.09. The molecule has 7 heteroatoms. The van der Waals surface area contributed by atoms with Crippen molar-refractivity contribution < 1.29 is 14.7 Å². The molecule has 1 aliphatic carbocycles. The van der Waals surface area contributed by atoms with Gasteiger partial charge in [0.25, 0.3) is 0 Å². The highest BCUT2D eigenvalue weighted by atomic mass is 16.4. The minimum absolute atomic E-state index is 0.0391. The molecule has 0 saturated heterocycles. The molecule has 3 aromatic rings. The molecule has 1 aliphatic rings. The molecule has 4 rings (SSSR count). The lowest BCUT2D eigenvalue weighted by Gasteiger charge is -2.22. The van der Waals surface area contributed by atoms with Crippen LogP contribution in [0.15, 0.2) is 36.4 Å². The third-order valence-corrected chi connectivity index (χ3v) is 4.64. The SMILES string of the molecule is Cc1cc(C(=O)O)n(CC(=O)N(Cc2cc3ccccc3[nH]2)C2CC2)n1. The molecule has 1 amide bonds. The van der Waals surface area contributed by atoms with Crippen LogP contribution in [0.1, 0.15) is 34.7 Å². The first-order valence-corrected chi connectivity index (χ1v) is 8.65. The number of nitrogens with one attached hydrogen (secondary N) is 1. The van der Waals surface area contributed by atoms with E-state index >= 15 is 0 Å². The van der Waals surface area contributed by atoms with Crippen molar-refractivity contribution in [3.8, 4) is 0 Å². The predicted molar refractivity (Wildman–Crippen MR) is 95.8 cm³/mol. The van der Waals surface area contributed by atoms with Crippen LogP contribution in [0.3, 0.4) is 0 Å². The quantitative estimate of drug-likeness (QED) is 0.713. The van der Waals surface area contributed by atoms with E-state index < -0.39 is 5.97 Å². The lowest BCUT2D eigenvalue weighted by atomic mass is 10.2. The maximum Gasteiger partial charge on any atom is 0.354 e. The first kappa shape index (κ1) is 16.4. The second-order valence-electron chi connectivity index (χ2n) is 6.77. The fourth-order valence-corrected chi connectivity index (χ4v) is 3.27. The lowest BCUT2D eigenvalue weighted by Crippen LogP contribution is -2.36. The number of carboxylic acid groups (broad SMARTS) is 1. The molecule has 7 nitrogen and oxygen atoms in total. The second kappa shape index (κ2) is 6.33. The number of carbonyl (C=O) groups excluding carboxylic acids is 1. The lowest BCUT2D eigenvalue weighted by molar-refractivity contribution is -0.133. The van der Waals surface area contributed by atoms with E-state index in [1.54, 1.807) is 6.92 Å². The van der Waals surface area contributed by atoms with Crippen molar-refractivity contribution in [2.75, 3.05) is 0 Å². The van der Waals surface area contributed by atoms with Crippen molar-refractivity contribution in [3.63, 3.8) is 0 Å². The van der Waals surface area contributed by atoms with Gasteiger partial charge in [0.15, 0.2) is 0 Å². The Kier molecular flexibility index (Phi) is 3.99. The predicted octanol–water partition coefficient (Wildman–Crippen LogP) is 2.56. The van der Waals surface area contributed by atoms with Crippen molar-refractivity contribution in [3.05, 3.63) is 53.5 Å². The number of carbonyl (C=O) groups is 2. The third-order valence-electron chi connectivity index (χ3n) is 4.64. The number of aromatic amines is 1. The molecular formula is C19H20N4O3. The molecule has 1 aromatic carbocycles. The van der Waals surface area contributed by atoms with E-state index in [0.29, 0.717) is 12.2 Å². The maximum atomic E-state index is 12.9. The van der Waals surface area contributed by atoms with Crippen LogP contribution in [0.25, 0.3) is 10.9 Å². The molecule has 26 heavy (non-hydrogen) atoms. The van der Waals surface area contributed by atoms with Gasteiger partial charge in [-0.1, -0.05) is 18.2 Å². The summed E-state index contributed by atoms with van der Waals surface area (Å²) in [7, 11) is 0. The van der Waals surface area contributed by atoms with E-state index in [1.807, 2.05) is 29.2 Å². The Morgan fingerprint density at radius 2 is 2.08 bits per heavy atom. The van der Waals surface area contributed by atoms with Crippen LogP contribution in [0.5, 0.6) is 0 Å². The Morgan fingerprint density at radius 3 is 2.77 bits per heavy atom. The number of aryl methyl sites for hydroxylation is 1. The smallest absolute Gasteiger partial charge is 0.354 e. The summed E-state index contributed by atoms with van der Waals surface area (Å²) < 4.78 is 1.28. The van der Waals surface area contributed by atoms with E-state index in [2.05, 4.69) is 16.1 Å². The molecule has 0 bridgehead atoms. The van der Waals surface area contributed by atoms with Gasteiger partial charge in [0, 0.05) is 17.3 Å². The molecule has 0 aliphatic heterocycles. The Bertz CT molecular complexity index is 951. The summed E-state index contributed by atoms with van der Waals surface area (Å²) in [6.07, 6.45) is 1.96. The summed E-state index contributed by atoms with van der Waals surface area (Å²) in [5.74, 6) is -1.19. The number of nitrogens with zero attached hydrogens (tertiary/aromatic N) is 3. The fraction of sp³-hybridized carbons (Fsp3) is 0.316. The molecule has 2 aromatic heterocycles. The molecule has 2 N–H and O–H groups in total. The zero-order valence-electron chi connectivity index (χ0n) is 14.5. The van der Waals surface area contributed by atoms with Crippen molar-refractivity contribution in [2.45, 2.75) is 38.9 Å². The highest BCUT2D eigenvalue weighted by molar-refractivity contribution is 5.87. The number of benzene rings is 1. The molecular weight excluding hydrogens is 332 g/mol. The summed E-state index contributed by atoms with van der Waals surface area (Å²) in [6, 6.07) is 11.8. The zero-order chi connectivity index (χ0) is 18.3. The average Bonchev–Trinajstić information content (AvgIpc) is 3.24. The minimum Gasteiger partial charge on any atom is -0.477 e. The van der Waals surface area contributed by atoms with Gasteiger partial charge >= 0.3 is 5.97 Å². The number of para-hydroxylation sites is 1. The molecule has 0 radical (unpaired) electrons. The summed E-state index contributed by atoms with van der Waals surface area (Å²) in [5, 5.41) is 14.5. The van der Waals surface area contributed by atoms with Crippen LogP contribution in [0.2, 0.25) is 0 Å². The Balaban J connectivity index is 1.55. The van der Waals surface area contributed by atoms with Crippen molar-refractivity contribution in [2.24, 2.45) is 0 Å². The third kappa shape index (κ3) is 3.20. The molecule has 2 heterocycles. The number of amides is 1. The van der Waals surface area contributed by atoms with E-state index in [9.17, 15) is 14.7 Å². The van der Waals surface area contributed by atoms with Crippen LogP contribution >= 0.6 is 0 Å². The highest BCUT2D eigenvalue weighted by Crippen LogP contribution is 2.29. The molecule has 0 atom stereocenters. The number of H-pyrrole nitrogens is 1. The van der Waals surface area contributed by atoms with Gasteiger partial charge in [0.05, 0.1) is 12.2 Å². The Morgan fingerprint density at radius 1 is 1.31 bits per heavy atom. The number of fused-ring (bicyclic) bond motifs is 1. The van der Waals surface area contributed by atoms with Gasteiger partial charge in [-0.3, -0.25) is 4.79 Å². The van der Waals surface area contributed by atoms with Crippen LogP contribution in [-0.2, 0) is 17.9 Å². The number of aromatic carboxylic acids is 1. The molecule has 1 saturated carbocycles. The highest BCUT2D eigenvalue weighted by Gasteiger charge is 2.33. The van der Waals surface area contributed by atoms with Gasteiger partial charge in [-0.2, -0.15) is 5.10 Å². The number of aromatic nitrogens is 3. The molecule has 0 unspecified atom stereocenters. The number of hydrogen-bond acceptors (Lipinski definition) is 3. The summed E-state index contributed by atoms with van der Waals surface area (Å²) in [4.78, 5) is 29.4. The maximum absolute atomic E-state index is 12.9. The van der Waals surface area contributed by atoms with Crippen molar-refractivity contribution >= 4 is 22.8 Å². The van der Waals surface area contributed by atoms with E-state index in [1.165, 1.54) is 10.7 Å². The monoisotopic (exact) mass is 352 g/mol. The first-order valence-electron chi connectivity index (χ1n) is 8.65. The first-order chi connectivity index (χ1) is 12.5. The van der Waals surface area contributed by atoms with E-state index in [4.69, 9.17) is 0 Å². The standard InChI is InChI=1S/C19H20N4O3/c1-12-8-17(19(25)26)23(21-12)11-18(24)22(15-6-7-15)10-14-9-13-4-2-3-5-16(13)20-14/h2-5,8-9,15,20H,6-7,10-11H2,1H3,(H,25,26). The molecule has 134 valence electrons. The average molecular weight is 352 g/mol. The van der Waals surface area contributed by atoms with E-state index in [-0.39, 0.29) is 24.2 Å². The van der Waals surface area contributed by atoms with Gasteiger partial charge in [-0.25, -0.2) is 9.48 Å². The van der Waals surface area contributed by atoms with Crippen molar-refractivity contribution in [1.82, 2.24) is 19.7 Å². The summed E-state index contributed by atoms with van der Waals surface area (Å²) in [6.45, 7) is 2.14. The summed E-state index contributed by atoms with van der Waals surface area (Å²) in [5.41, 5.74) is 2.64. The van der Waals surface area contributed by atoms with Crippen LogP contribution in [0, 0.1) is 6.92 Å². The number of carboxylic acids is 1. The van der Waals surface area contributed by atoms with Crippen molar-refractivity contribution in [1.29, 1.82) is 0 Å². The second-order valence-corrected chi connectivity index (χ2v) is 6.77. The van der Waals surface area contributed by atoms with E-state index in [0.717, 1.165) is 29.4 Å². The number of hydrogen-bond donors (Lipinski definition) is 2. The van der Waals surface area contributed by atoms with Gasteiger partial charge < -0.3 is 15.0 Å². The van der Waals surface area contributed by atoms with Crippen LogP contribution in [0.4, 0.5) is 0 Å². The zero-order valence-corrected chi connectivity index (χ0v) is 14.5. The van der Waals surface area contributed by atoms with Crippen LogP contribution < -0.4 is 0 Å². The largest absolute Gasteiger partial charge is 0.477 e. The number of rotatable bonds is 6. The van der Waals surface area contributed by atoms with Gasteiger partial charge in [-0.15, -0.1) is 0 Å². The normalized spacial score (nSPS) is 13.9. The topological polar surface area (TPSA) is 91.2 Å².